The third-order valence-corrected chi connectivity index (χ3v) is 3.44. The zero-order chi connectivity index (χ0) is 14.4. The Morgan fingerprint density at radius 3 is 3.00 bits per heavy atom. The number of hydrogen-bond donors (Lipinski definition) is 1. The Kier molecular flexibility index (Phi) is 5.35. The molecule has 0 bridgehead atoms. The molecule has 0 saturated carbocycles. The van der Waals surface area contributed by atoms with Gasteiger partial charge in [0.05, 0.1) is 11.7 Å². The summed E-state index contributed by atoms with van der Waals surface area (Å²) in [6, 6.07) is 3.68. The fourth-order valence-corrected chi connectivity index (χ4v) is 2.48. The van der Waals surface area contributed by atoms with Gasteiger partial charge in [-0.3, -0.25) is 4.79 Å². The van der Waals surface area contributed by atoms with Gasteiger partial charge in [-0.05, 0) is 38.8 Å². The summed E-state index contributed by atoms with van der Waals surface area (Å²) in [5.41, 5.74) is 0.642. The average Bonchev–Trinajstić information content (AvgIpc) is 2.48. The van der Waals surface area contributed by atoms with Crippen LogP contribution >= 0.6 is 0 Å². The first-order valence-electron chi connectivity index (χ1n) is 7.35. The topological polar surface area (TPSA) is 54.5 Å². The van der Waals surface area contributed by atoms with E-state index in [4.69, 9.17) is 4.74 Å². The molecule has 5 nitrogen and oxygen atoms in total. The van der Waals surface area contributed by atoms with Crippen LogP contribution in [0, 0.1) is 0 Å². The summed E-state index contributed by atoms with van der Waals surface area (Å²) in [6.07, 6.45) is 3.85. The number of nitrogens with one attached hydrogen (secondary N) is 1. The van der Waals surface area contributed by atoms with Crippen LogP contribution < -0.4 is 5.32 Å². The molecule has 0 aliphatic carbocycles. The van der Waals surface area contributed by atoms with E-state index in [1.807, 2.05) is 30.9 Å². The van der Waals surface area contributed by atoms with Crippen molar-refractivity contribution >= 4 is 11.7 Å². The van der Waals surface area contributed by atoms with Gasteiger partial charge in [-0.25, -0.2) is 4.98 Å². The van der Waals surface area contributed by atoms with Crippen molar-refractivity contribution in [3.8, 4) is 0 Å². The minimum atomic E-state index is 0.0463. The van der Waals surface area contributed by atoms with E-state index in [0.29, 0.717) is 18.7 Å². The molecule has 5 heteroatoms. The highest BCUT2D eigenvalue weighted by Crippen LogP contribution is 2.16. The maximum absolute atomic E-state index is 12.4. The molecule has 1 aromatic heterocycles. The van der Waals surface area contributed by atoms with Crippen molar-refractivity contribution in [2.75, 3.05) is 31.6 Å². The smallest absolute Gasteiger partial charge is 0.255 e. The number of carbonyl (C=O) groups is 1. The van der Waals surface area contributed by atoms with Crippen LogP contribution in [0.15, 0.2) is 18.3 Å². The Morgan fingerprint density at radius 2 is 2.35 bits per heavy atom. The van der Waals surface area contributed by atoms with E-state index in [2.05, 4.69) is 10.3 Å². The molecule has 1 fully saturated rings. The number of pyridine rings is 1. The summed E-state index contributed by atoms with van der Waals surface area (Å²) in [7, 11) is 0. The molecule has 110 valence electrons. The maximum atomic E-state index is 12.4. The van der Waals surface area contributed by atoms with Crippen LogP contribution in [-0.2, 0) is 4.74 Å². The number of hydrogen-bond acceptors (Lipinski definition) is 4. The summed E-state index contributed by atoms with van der Waals surface area (Å²) >= 11 is 0. The average molecular weight is 277 g/mol. The third-order valence-electron chi connectivity index (χ3n) is 3.44. The van der Waals surface area contributed by atoms with Gasteiger partial charge in [0.1, 0.15) is 5.82 Å². The molecule has 1 aliphatic heterocycles. The normalized spacial score (nSPS) is 18.9. The molecule has 1 aromatic rings. The molecular weight excluding hydrogens is 254 g/mol. The Hall–Kier alpha value is -1.62. The van der Waals surface area contributed by atoms with Crippen molar-refractivity contribution in [2.24, 2.45) is 0 Å². The summed E-state index contributed by atoms with van der Waals surface area (Å²) < 4.78 is 5.63. The monoisotopic (exact) mass is 277 g/mol. The molecule has 0 radical (unpaired) electrons. The van der Waals surface area contributed by atoms with E-state index in [1.54, 1.807) is 6.20 Å². The Morgan fingerprint density at radius 1 is 1.50 bits per heavy atom. The highest BCUT2D eigenvalue weighted by molar-refractivity contribution is 5.94. The molecule has 1 aliphatic rings. The van der Waals surface area contributed by atoms with Gasteiger partial charge in [-0.2, -0.15) is 0 Å². The Bertz CT molecular complexity index is 431. The van der Waals surface area contributed by atoms with Gasteiger partial charge in [-0.1, -0.05) is 0 Å². The van der Waals surface area contributed by atoms with E-state index in [-0.39, 0.29) is 12.0 Å². The molecule has 1 saturated heterocycles. The summed E-state index contributed by atoms with van der Waals surface area (Å²) in [4.78, 5) is 18.5. The first-order chi connectivity index (χ1) is 9.74. The standard InChI is InChI=1S/C15H23N3O2/c1-3-16-14-8-7-12(10-17-14)15(19)18-9-5-6-13(11-18)20-4-2/h7-8,10,13H,3-6,9,11H2,1-2H3,(H,16,17). The van der Waals surface area contributed by atoms with Gasteiger partial charge in [0, 0.05) is 32.4 Å². The van der Waals surface area contributed by atoms with Gasteiger partial charge in [0.15, 0.2) is 0 Å². The van der Waals surface area contributed by atoms with E-state index in [9.17, 15) is 4.79 Å². The molecule has 0 spiro atoms. The quantitative estimate of drug-likeness (QED) is 0.896. The lowest BCUT2D eigenvalue weighted by Crippen LogP contribution is -2.43. The van der Waals surface area contributed by atoms with Crippen molar-refractivity contribution < 1.29 is 9.53 Å². The van der Waals surface area contributed by atoms with Crippen LogP contribution in [0.4, 0.5) is 5.82 Å². The van der Waals surface area contributed by atoms with Gasteiger partial charge in [0.2, 0.25) is 0 Å². The van der Waals surface area contributed by atoms with E-state index >= 15 is 0 Å². The third kappa shape index (κ3) is 3.70. The fourth-order valence-electron chi connectivity index (χ4n) is 2.48. The van der Waals surface area contributed by atoms with E-state index < -0.39 is 0 Å². The maximum Gasteiger partial charge on any atom is 0.255 e. The summed E-state index contributed by atoms with van der Waals surface area (Å²) in [5, 5.41) is 3.12. The second kappa shape index (κ2) is 7.24. The number of ether oxygens (including phenoxy) is 1. The highest BCUT2D eigenvalue weighted by atomic mass is 16.5. The van der Waals surface area contributed by atoms with Crippen molar-refractivity contribution in [1.82, 2.24) is 9.88 Å². The molecule has 1 atom stereocenters. The van der Waals surface area contributed by atoms with Crippen LogP contribution in [0.5, 0.6) is 0 Å². The van der Waals surface area contributed by atoms with Gasteiger partial charge < -0.3 is 15.0 Å². The second-order valence-corrected chi connectivity index (χ2v) is 4.93. The fraction of sp³-hybridized carbons (Fsp3) is 0.600. The number of likely N-dealkylation sites (tertiary alicyclic amines) is 1. The van der Waals surface area contributed by atoms with Crippen LogP contribution in [0.25, 0.3) is 0 Å². The first-order valence-corrected chi connectivity index (χ1v) is 7.35. The molecule has 0 aromatic carbocycles. The number of aromatic nitrogens is 1. The Labute approximate surface area is 120 Å². The van der Waals surface area contributed by atoms with Crippen molar-refractivity contribution in [2.45, 2.75) is 32.8 Å². The minimum Gasteiger partial charge on any atom is -0.377 e. The molecule has 20 heavy (non-hydrogen) atoms. The molecule has 1 amide bonds. The second-order valence-electron chi connectivity index (χ2n) is 4.93. The predicted molar refractivity (Wildman–Crippen MR) is 79.0 cm³/mol. The first kappa shape index (κ1) is 14.8. The summed E-state index contributed by atoms with van der Waals surface area (Å²) in [6.45, 7) is 7.01. The van der Waals surface area contributed by atoms with E-state index in [0.717, 1.165) is 31.7 Å². The van der Waals surface area contributed by atoms with Crippen LogP contribution in [0.2, 0.25) is 0 Å². The van der Waals surface area contributed by atoms with Gasteiger partial charge >= 0.3 is 0 Å². The largest absolute Gasteiger partial charge is 0.377 e. The molecule has 2 heterocycles. The summed E-state index contributed by atoms with van der Waals surface area (Å²) in [5.74, 6) is 0.847. The number of amides is 1. The lowest BCUT2D eigenvalue weighted by molar-refractivity contribution is 0.00723. The SMILES string of the molecule is CCNc1ccc(C(=O)N2CCCC(OCC)C2)cn1. The molecular formula is C15H23N3O2. The van der Waals surface area contributed by atoms with Gasteiger partial charge in [0.25, 0.3) is 5.91 Å². The van der Waals surface area contributed by atoms with Crippen molar-refractivity contribution in [3.05, 3.63) is 23.9 Å². The van der Waals surface area contributed by atoms with Crippen molar-refractivity contribution in [1.29, 1.82) is 0 Å². The molecule has 1 N–H and O–H groups in total. The number of rotatable bonds is 5. The molecule has 1 unspecified atom stereocenters. The zero-order valence-corrected chi connectivity index (χ0v) is 12.3. The number of piperidine rings is 1. The predicted octanol–water partition coefficient (Wildman–Crippen LogP) is 2.15. The van der Waals surface area contributed by atoms with E-state index in [1.165, 1.54) is 0 Å². The van der Waals surface area contributed by atoms with Gasteiger partial charge in [-0.15, -0.1) is 0 Å². The number of anilines is 1. The zero-order valence-electron chi connectivity index (χ0n) is 12.3. The Balaban J connectivity index is 1.99. The number of carbonyl (C=O) groups excluding carboxylic acids is 1. The van der Waals surface area contributed by atoms with Crippen LogP contribution in [0.1, 0.15) is 37.0 Å². The lowest BCUT2D eigenvalue weighted by Gasteiger charge is -2.32. The van der Waals surface area contributed by atoms with Crippen LogP contribution in [-0.4, -0.2) is 48.1 Å². The van der Waals surface area contributed by atoms with Crippen LogP contribution in [0.3, 0.4) is 0 Å². The minimum absolute atomic E-state index is 0.0463. The number of nitrogens with zero attached hydrogens (tertiary/aromatic N) is 2. The van der Waals surface area contributed by atoms with Crippen molar-refractivity contribution in [3.63, 3.8) is 0 Å². The lowest BCUT2D eigenvalue weighted by atomic mass is 10.1. The highest BCUT2D eigenvalue weighted by Gasteiger charge is 2.24. The molecule has 2 rings (SSSR count).